The maximum Gasteiger partial charge on any atom is 0.306 e. The van der Waals surface area contributed by atoms with Crippen LogP contribution < -0.4 is 0 Å². The molecule has 0 aromatic rings. The summed E-state index contributed by atoms with van der Waals surface area (Å²) >= 11 is 0. The van der Waals surface area contributed by atoms with Gasteiger partial charge in [0.25, 0.3) is 0 Å². The van der Waals surface area contributed by atoms with Crippen LogP contribution in [0.15, 0.2) is 0 Å². The summed E-state index contributed by atoms with van der Waals surface area (Å²) in [7, 11) is 0. The minimum absolute atomic E-state index is 0.00256. The Kier molecular flexibility index (Phi) is 4.25. The van der Waals surface area contributed by atoms with E-state index < -0.39 is 5.97 Å². The molecule has 2 unspecified atom stereocenters. The van der Waals surface area contributed by atoms with Crippen LogP contribution in [-0.2, 0) is 14.3 Å². The molecule has 2 rings (SSSR count). The first kappa shape index (κ1) is 13.8. The Labute approximate surface area is 108 Å². The highest BCUT2D eigenvalue weighted by Gasteiger charge is 2.33. The molecule has 5 nitrogen and oxygen atoms in total. The van der Waals surface area contributed by atoms with Crippen molar-refractivity contribution in [1.29, 1.82) is 0 Å². The maximum absolute atomic E-state index is 10.7. The Hall–Kier alpha value is -0.650. The molecule has 0 bridgehead atoms. The first-order valence-corrected chi connectivity index (χ1v) is 6.68. The number of morpholine rings is 1. The number of carbonyl (C=O) groups is 1. The number of hydrogen-bond acceptors (Lipinski definition) is 4. The van der Waals surface area contributed by atoms with E-state index in [2.05, 4.69) is 18.7 Å². The summed E-state index contributed by atoms with van der Waals surface area (Å²) in [6.07, 6.45) is 2.39. The maximum atomic E-state index is 10.7. The van der Waals surface area contributed by atoms with Crippen LogP contribution in [0.3, 0.4) is 0 Å². The van der Waals surface area contributed by atoms with Gasteiger partial charge in [0.2, 0.25) is 0 Å². The minimum Gasteiger partial charge on any atom is -0.481 e. The van der Waals surface area contributed by atoms with Crippen molar-refractivity contribution in [2.24, 2.45) is 0 Å². The van der Waals surface area contributed by atoms with Crippen LogP contribution >= 0.6 is 0 Å². The van der Waals surface area contributed by atoms with Gasteiger partial charge in [-0.3, -0.25) is 9.69 Å². The fraction of sp³-hybridized carbons (Fsp3) is 0.923. The molecule has 0 aromatic heterocycles. The highest BCUT2D eigenvalue weighted by atomic mass is 16.5. The van der Waals surface area contributed by atoms with Gasteiger partial charge < -0.3 is 14.6 Å². The highest BCUT2D eigenvalue weighted by Crippen LogP contribution is 2.30. The van der Waals surface area contributed by atoms with Crippen LogP contribution in [0.1, 0.15) is 33.1 Å². The van der Waals surface area contributed by atoms with Crippen molar-refractivity contribution in [2.45, 2.75) is 50.9 Å². The zero-order valence-electron chi connectivity index (χ0n) is 11.2. The van der Waals surface area contributed by atoms with E-state index in [1.54, 1.807) is 0 Å². The molecule has 0 spiro atoms. The van der Waals surface area contributed by atoms with E-state index in [-0.39, 0.29) is 24.2 Å². The fourth-order valence-electron chi connectivity index (χ4n) is 2.76. The van der Waals surface area contributed by atoms with Gasteiger partial charge in [0.05, 0.1) is 30.8 Å². The molecular formula is C13H23NO4. The summed E-state index contributed by atoms with van der Waals surface area (Å²) in [6, 6.07) is 0. The number of carboxylic acid groups (broad SMARTS) is 1. The molecule has 0 amide bonds. The van der Waals surface area contributed by atoms with Crippen molar-refractivity contribution in [2.75, 3.05) is 26.2 Å². The molecule has 2 aliphatic rings. The predicted octanol–water partition coefficient (Wildman–Crippen LogP) is 1.12. The van der Waals surface area contributed by atoms with Crippen LogP contribution in [0.4, 0.5) is 0 Å². The van der Waals surface area contributed by atoms with Gasteiger partial charge in [0, 0.05) is 19.6 Å². The van der Waals surface area contributed by atoms with Crippen molar-refractivity contribution in [1.82, 2.24) is 4.90 Å². The van der Waals surface area contributed by atoms with Gasteiger partial charge in [-0.1, -0.05) is 0 Å². The lowest BCUT2D eigenvalue weighted by atomic mass is 10.1. The summed E-state index contributed by atoms with van der Waals surface area (Å²) in [5.74, 6) is -0.792. The zero-order chi connectivity index (χ0) is 13.2. The number of carboxylic acids is 1. The van der Waals surface area contributed by atoms with E-state index in [0.29, 0.717) is 13.2 Å². The van der Waals surface area contributed by atoms with Crippen molar-refractivity contribution in [3.05, 3.63) is 0 Å². The molecule has 0 saturated carbocycles. The van der Waals surface area contributed by atoms with Crippen molar-refractivity contribution >= 4 is 5.97 Å². The molecule has 2 heterocycles. The van der Waals surface area contributed by atoms with Crippen molar-refractivity contribution < 1.29 is 19.4 Å². The van der Waals surface area contributed by atoms with Crippen LogP contribution in [0.5, 0.6) is 0 Å². The SMILES string of the molecule is CC1(C)CCC(CN2CCOC(CC(=O)O)C2)O1. The van der Waals surface area contributed by atoms with Gasteiger partial charge in [0.1, 0.15) is 0 Å². The molecule has 0 radical (unpaired) electrons. The van der Waals surface area contributed by atoms with Crippen molar-refractivity contribution in [3.63, 3.8) is 0 Å². The fourth-order valence-corrected chi connectivity index (χ4v) is 2.76. The molecule has 1 N–H and O–H groups in total. The van der Waals surface area contributed by atoms with E-state index in [0.717, 1.165) is 25.9 Å². The third-order valence-corrected chi connectivity index (χ3v) is 3.64. The first-order valence-electron chi connectivity index (χ1n) is 6.68. The number of nitrogens with zero attached hydrogens (tertiary/aromatic N) is 1. The molecule has 0 aliphatic carbocycles. The molecule has 18 heavy (non-hydrogen) atoms. The summed E-state index contributed by atoms with van der Waals surface area (Å²) in [4.78, 5) is 12.9. The lowest BCUT2D eigenvalue weighted by molar-refractivity contribution is -0.142. The quantitative estimate of drug-likeness (QED) is 0.818. The van der Waals surface area contributed by atoms with Crippen LogP contribution in [0.25, 0.3) is 0 Å². The Morgan fingerprint density at radius 3 is 2.83 bits per heavy atom. The standard InChI is InChI=1S/C13H23NO4/c1-13(2)4-3-10(18-13)8-14-5-6-17-11(9-14)7-12(15)16/h10-11H,3-9H2,1-2H3,(H,15,16). The third kappa shape index (κ3) is 3.93. The second-order valence-corrected chi connectivity index (χ2v) is 5.89. The lowest BCUT2D eigenvalue weighted by Crippen LogP contribution is -2.46. The molecule has 2 aliphatic heterocycles. The highest BCUT2D eigenvalue weighted by molar-refractivity contribution is 5.67. The molecule has 2 saturated heterocycles. The number of ether oxygens (including phenoxy) is 2. The molecular weight excluding hydrogens is 234 g/mol. The average molecular weight is 257 g/mol. The summed E-state index contributed by atoms with van der Waals surface area (Å²) in [6.45, 7) is 7.33. The smallest absolute Gasteiger partial charge is 0.306 e. The monoisotopic (exact) mass is 257 g/mol. The molecule has 2 fully saturated rings. The van der Waals surface area contributed by atoms with E-state index in [4.69, 9.17) is 14.6 Å². The average Bonchev–Trinajstić information content (AvgIpc) is 2.57. The molecule has 5 heteroatoms. The summed E-state index contributed by atoms with van der Waals surface area (Å²) < 4.78 is 11.4. The normalized spacial score (nSPS) is 32.6. The minimum atomic E-state index is -0.792. The van der Waals surface area contributed by atoms with Gasteiger partial charge in [-0.25, -0.2) is 0 Å². The zero-order valence-corrected chi connectivity index (χ0v) is 11.2. The van der Waals surface area contributed by atoms with E-state index in [1.807, 2.05) is 0 Å². The van der Waals surface area contributed by atoms with Gasteiger partial charge >= 0.3 is 5.97 Å². The van der Waals surface area contributed by atoms with Crippen LogP contribution in [0, 0.1) is 0 Å². The van der Waals surface area contributed by atoms with Crippen LogP contribution in [0.2, 0.25) is 0 Å². The number of hydrogen-bond donors (Lipinski definition) is 1. The Morgan fingerprint density at radius 1 is 1.44 bits per heavy atom. The van der Waals surface area contributed by atoms with Gasteiger partial charge in [-0.05, 0) is 26.7 Å². The van der Waals surface area contributed by atoms with Gasteiger partial charge in [-0.2, -0.15) is 0 Å². The predicted molar refractivity (Wildman–Crippen MR) is 66.6 cm³/mol. The van der Waals surface area contributed by atoms with E-state index in [1.165, 1.54) is 0 Å². The van der Waals surface area contributed by atoms with Gasteiger partial charge in [-0.15, -0.1) is 0 Å². The third-order valence-electron chi connectivity index (χ3n) is 3.64. The van der Waals surface area contributed by atoms with E-state index in [9.17, 15) is 4.79 Å². The summed E-state index contributed by atoms with van der Waals surface area (Å²) in [5.41, 5.74) is -0.00256. The Bertz CT molecular complexity index is 305. The second kappa shape index (κ2) is 5.55. The second-order valence-electron chi connectivity index (χ2n) is 5.89. The molecule has 104 valence electrons. The largest absolute Gasteiger partial charge is 0.481 e. The molecule has 0 aromatic carbocycles. The topological polar surface area (TPSA) is 59.0 Å². The number of rotatable bonds is 4. The first-order chi connectivity index (χ1) is 8.44. The number of aliphatic carboxylic acids is 1. The van der Waals surface area contributed by atoms with Crippen molar-refractivity contribution in [3.8, 4) is 0 Å². The van der Waals surface area contributed by atoms with E-state index >= 15 is 0 Å². The lowest BCUT2D eigenvalue weighted by Gasteiger charge is -2.34. The summed E-state index contributed by atoms with van der Waals surface area (Å²) in [5, 5.41) is 8.78. The molecule has 2 atom stereocenters. The van der Waals surface area contributed by atoms with Gasteiger partial charge in [0.15, 0.2) is 0 Å². The van der Waals surface area contributed by atoms with Crippen LogP contribution in [-0.4, -0.2) is 60.0 Å². The Balaban J connectivity index is 1.77. The Morgan fingerprint density at radius 2 is 2.22 bits per heavy atom.